The van der Waals surface area contributed by atoms with E-state index in [1.165, 1.54) is 21.3 Å². The van der Waals surface area contributed by atoms with E-state index in [1.807, 2.05) is 43.3 Å². The summed E-state index contributed by atoms with van der Waals surface area (Å²) in [5.41, 5.74) is 2.68. The van der Waals surface area contributed by atoms with E-state index in [1.54, 1.807) is 17.0 Å². The molecule has 1 saturated heterocycles. The first-order valence-corrected chi connectivity index (χ1v) is 10.0. The molecule has 1 unspecified atom stereocenters. The molecule has 31 heavy (non-hydrogen) atoms. The zero-order valence-corrected chi connectivity index (χ0v) is 18.6. The van der Waals surface area contributed by atoms with Crippen LogP contribution in [0.25, 0.3) is 0 Å². The van der Waals surface area contributed by atoms with Crippen molar-refractivity contribution in [3.8, 4) is 17.2 Å². The van der Waals surface area contributed by atoms with Crippen molar-refractivity contribution in [3.63, 3.8) is 0 Å². The third-order valence-corrected chi connectivity index (χ3v) is 5.35. The van der Waals surface area contributed by atoms with Crippen molar-refractivity contribution in [3.05, 3.63) is 42.0 Å². The first-order chi connectivity index (χ1) is 14.9. The van der Waals surface area contributed by atoms with E-state index in [0.29, 0.717) is 36.0 Å². The molecular formula is C23H29N3O5. The number of rotatable bonds is 8. The lowest BCUT2D eigenvalue weighted by atomic mass is 10.1. The molecule has 0 aromatic heterocycles. The van der Waals surface area contributed by atoms with Gasteiger partial charge < -0.3 is 29.3 Å². The van der Waals surface area contributed by atoms with Crippen molar-refractivity contribution < 1.29 is 23.8 Å². The monoisotopic (exact) mass is 427 g/mol. The van der Waals surface area contributed by atoms with E-state index in [2.05, 4.69) is 5.32 Å². The number of hydrogen-bond donors (Lipinski definition) is 1. The average Bonchev–Trinajstić information content (AvgIpc) is 3.18. The number of methoxy groups -OCH3 is 3. The minimum atomic E-state index is -0.427. The van der Waals surface area contributed by atoms with Gasteiger partial charge in [-0.1, -0.05) is 12.1 Å². The van der Waals surface area contributed by atoms with Crippen LogP contribution in [0.5, 0.6) is 17.2 Å². The number of benzene rings is 2. The summed E-state index contributed by atoms with van der Waals surface area (Å²) < 4.78 is 16.1. The summed E-state index contributed by atoms with van der Waals surface area (Å²) >= 11 is 0. The van der Waals surface area contributed by atoms with Gasteiger partial charge in [-0.2, -0.15) is 0 Å². The van der Waals surface area contributed by atoms with Gasteiger partial charge in [-0.05, 0) is 17.7 Å². The standard InChI is InChI=1S/C23H29N3O5/c1-25(2)17-8-6-7-15(9-17)13-24-23(28)16-10-21(27)26(14-16)18-11-19(29-3)22(31-5)20(12-18)30-4/h6-9,11-12,16H,10,13-14H2,1-5H3,(H,24,28). The lowest BCUT2D eigenvalue weighted by Gasteiger charge is -2.20. The molecule has 2 aromatic rings. The number of amides is 2. The highest BCUT2D eigenvalue weighted by atomic mass is 16.5. The molecule has 166 valence electrons. The van der Waals surface area contributed by atoms with Crippen LogP contribution in [0, 0.1) is 5.92 Å². The fourth-order valence-corrected chi connectivity index (χ4v) is 3.63. The number of anilines is 2. The molecule has 1 atom stereocenters. The molecule has 1 heterocycles. The predicted molar refractivity (Wildman–Crippen MR) is 119 cm³/mol. The lowest BCUT2D eigenvalue weighted by molar-refractivity contribution is -0.126. The van der Waals surface area contributed by atoms with Crippen LogP contribution in [0.4, 0.5) is 11.4 Å². The van der Waals surface area contributed by atoms with Gasteiger partial charge in [0.2, 0.25) is 17.6 Å². The minimum Gasteiger partial charge on any atom is -0.493 e. The SMILES string of the molecule is COc1cc(N2CC(C(=O)NCc3cccc(N(C)C)c3)CC2=O)cc(OC)c1OC. The Morgan fingerprint density at radius 1 is 1.10 bits per heavy atom. The lowest BCUT2D eigenvalue weighted by Crippen LogP contribution is -2.32. The predicted octanol–water partition coefficient (Wildman–Crippen LogP) is 2.45. The normalized spacial score (nSPS) is 15.6. The summed E-state index contributed by atoms with van der Waals surface area (Å²) in [4.78, 5) is 29.0. The van der Waals surface area contributed by atoms with Gasteiger partial charge in [-0.15, -0.1) is 0 Å². The van der Waals surface area contributed by atoms with E-state index in [-0.39, 0.29) is 18.2 Å². The van der Waals surface area contributed by atoms with Crippen molar-refractivity contribution in [2.75, 3.05) is 51.8 Å². The molecule has 0 bridgehead atoms. The van der Waals surface area contributed by atoms with E-state index in [9.17, 15) is 9.59 Å². The molecule has 2 aromatic carbocycles. The minimum absolute atomic E-state index is 0.121. The highest BCUT2D eigenvalue weighted by molar-refractivity contribution is 6.00. The first kappa shape index (κ1) is 22.3. The van der Waals surface area contributed by atoms with Gasteiger partial charge in [0.05, 0.1) is 32.9 Å². The van der Waals surface area contributed by atoms with Crippen molar-refractivity contribution in [1.29, 1.82) is 0 Å². The molecule has 1 aliphatic rings. The van der Waals surface area contributed by atoms with Crippen LogP contribution < -0.4 is 29.3 Å². The molecule has 0 aliphatic carbocycles. The second-order valence-corrected chi connectivity index (χ2v) is 7.57. The molecule has 8 heteroatoms. The van der Waals surface area contributed by atoms with Gasteiger partial charge in [-0.3, -0.25) is 9.59 Å². The quantitative estimate of drug-likeness (QED) is 0.697. The third-order valence-electron chi connectivity index (χ3n) is 5.35. The number of ether oxygens (including phenoxy) is 3. The summed E-state index contributed by atoms with van der Waals surface area (Å²) in [5.74, 6) is 0.678. The number of carbonyl (C=O) groups is 2. The van der Waals surface area contributed by atoms with Crippen LogP contribution in [0.1, 0.15) is 12.0 Å². The zero-order valence-electron chi connectivity index (χ0n) is 18.6. The largest absolute Gasteiger partial charge is 0.493 e. The summed E-state index contributed by atoms with van der Waals surface area (Å²) in [6, 6.07) is 11.4. The van der Waals surface area contributed by atoms with Crippen LogP contribution in [0.3, 0.4) is 0 Å². The van der Waals surface area contributed by atoms with E-state index < -0.39 is 5.92 Å². The molecule has 1 N–H and O–H groups in total. The van der Waals surface area contributed by atoms with Crippen molar-refractivity contribution in [2.24, 2.45) is 5.92 Å². The second kappa shape index (κ2) is 9.59. The fraction of sp³-hybridized carbons (Fsp3) is 0.391. The van der Waals surface area contributed by atoms with E-state index in [0.717, 1.165) is 11.3 Å². The molecule has 1 fully saturated rings. The van der Waals surface area contributed by atoms with Crippen LogP contribution >= 0.6 is 0 Å². The summed E-state index contributed by atoms with van der Waals surface area (Å²) in [6.07, 6.45) is 0.153. The molecule has 3 rings (SSSR count). The molecular weight excluding hydrogens is 398 g/mol. The Balaban J connectivity index is 1.70. The van der Waals surface area contributed by atoms with Gasteiger partial charge in [0.25, 0.3) is 0 Å². The second-order valence-electron chi connectivity index (χ2n) is 7.57. The number of hydrogen-bond acceptors (Lipinski definition) is 6. The van der Waals surface area contributed by atoms with Gasteiger partial charge in [0.15, 0.2) is 11.5 Å². The molecule has 1 aliphatic heterocycles. The van der Waals surface area contributed by atoms with Crippen LogP contribution in [0.2, 0.25) is 0 Å². The maximum atomic E-state index is 12.7. The first-order valence-electron chi connectivity index (χ1n) is 10.0. The highest BCUT2D eigenvalue weighted by Gasteiger charge is 2.35. The molecule has 2 amide bonds. The maximum absolute atomic E-state index is 12.7. The molecule has 0 saturated carbocycles. The Kier molecular flexibility index (Phi) is 6.89. The number of carbonyl (C=O) groups excluding carboxylic acids is 2. The van der Waals surface area contributed by atoms with Gasteiger partial charge in [0.1, 0.15) is 0 Å². The molecule has 8 nitrogen and oxygen atoms in total. The Morgan fingerprint density at radius 2 is 1.77 bits per heavy atom. The van der Waals surface area contributed by atoms with Crippen LogP contribution in [0.15, 0.2) is 36.4 Å². The van der Waals surface area contributed by atoms with E-state index >= 15 is 0 Å². The van der Waals surface area contributed by atoms with Crippen molar-refractivity contribution >= 4 is 23.2 Å². The molecule has 0 radical (unpaired) electrons. The topological polar surface area (TPSA) is 80.3 Å². The van der Waals surface area contributed by atoms with Gasteiger partial charge in [-0.25, -0.2) is 0 Å². The summed E-state index contributed by atoms with van der Waals surface area (Å²) in [5, 5.41) is 2.96. The Labute approximate surface area is 182 Å². The summed E-state index contributed by atoms with van der Waals surface area (Å²) in [6.45, 7) is 0.705. The van der Waals surface area contributed by atoms with Gasteiger partial charge in [0, 0.05) is 51.4 Å². The van der Waals surface area contributed by atoms with Crippen LogP contribution in [-0.2, 0) is 16.1 Å². The smallest absolute Gasteiger partial charge is 0.227 e. The Hall–Kier alpha value is -3.42. The maximum Gasteiger partial charge on any atom is 0.227 e. The number of nitrogens with one attached hydrogen (secondary N) is 1. The third kappa shape index (κ3) is 4.84. The van der Waals surface area contributed by atoms with Crippen molar-refractivity contribution in [2.45, 2.75) is 13.0 Å². The van der Waals surface area contributed by atoms with Crippen molar-refractivity contribution in [1.82, 2.24) is 5.32 Å². The fourth-order valence-electron chi connectivity index (χ4n) is 3.63. The molecule has 0 spiro atoms. The number of nitrogens with zero attached hydrogens (tertiary/aromatic N) is 2. The zero-order chi connectivity index (χ0) is 22.5. The Morgan fingerprint density at radius 3 is 2.35 bits per heavy atom. The Bertz CT molecular complexity index is 935. The average molecular weight is 428 g/mol. The van der Waals surface area contributed by atoms with E-state index in [4.69, 9.17) is 14.2 Å². The summed E-state index contributed by atoms with van der Waals surface area (Å²) in [7, 11) is 8.51. The van der Waals surface area contributed by atoms with Crippen LogP contribution in [-0.4, -0.2) is 53.8 Å². The highest BCUT2D eigenvalue weighted by Crippen LogP contribution is 2.42. The van der Waals surface area contributed by atoms with Gasteiger partial charge >= 0.3 is 0 Å².